The lowest BCUT2D eigenvalue weighted by Gasteiger charge is -2.22. The number of aromatic nitrogens is 2. The molecule has 1 aromatic rings. The van der Waals surface area contributed by atoms with Crippen molar-refractivity contribution < 1.29 is 5.11 Å². The third-order valence-corrected chi connectivity index (χ3v) is 4.99. The van der Waals surface area contributed by atoms with Crippen molar-refractivity contribution >= 4 is 30.6 Å². The van der Waals surface area contributed by atoms with Gasteiger partial charge in [-0.15, -0.1) is 24.8 Å². The van der Waals surface area contributed by atoms with Crippen molar-refractivity contribution in [3.8, 4) is 0 Å². The second kappa shape index (κ2) is 9.76. The molecule has 2 heterocycles. The molecule has 5 nitrogen and oxygen atoms in total. The van der Waals surface area contributed by atoms with Gasteiger partial charge in [0.05, 0.1) is 0 Å². The third kappa shape index (κ3) is 5.19. The molecule has 0 amide bonds. The average molecular weight is 377 g/mol. The molecule has 0 radical (unpaired) electrons. The summed E-state index contributed by atoms with van der Waals surface area (Å²) in [5.74, 6) is 3.02. The lowest BCUT2D eigenvalue weighted by molar-refractivity contribution is 0.242. The Morgan fingerprint density at radius 2 is 2.04 bits per heavy atom. The van der Waals surface area contributed by atoms with Crippen molar-refractivity contribution in [3.05, 3.63) is 18.1 Å². The fraction of sp³-hybridized carbons (Fsp3) is 0.765. The Labute approximate surface area is 157 Å². The van der Waals surface area contributed by atoms with Crippen LogP contribution in [0.2, 0.25) is 0 Å². The summed E-state index contributed by atoms with van der Waals surface area (Å²) < 4.78 is 0. The molecular weight excluding hydrogens is 347 g/mol. The first kappa shape index (κ1) is 21.4. The fourth-order valence-corrected chi connectivity index (χ4v) is 3.60. The summed E-state index contributed by atoms with van der Waals surface area (Å²) in [6.07, 6.45) is 7.19. The normalized spacial score (nSPS) is 23.7. The van der Waals surface area contributed by atoms with Gasteiger partial charge in [0.15, 0.2) is 0 Å². The molecule has 1 saturated carbocycles. The Morgan fingerprint density at radius 1 is 1.29 bits per heavy atom. The van der Waals surface area contributed by atoms with Crippen LogP contribution >= 0.6 is 24.8 Å². The number of nitrogens with one attached hydrogen (secondary N) is 1. The summed E-state index contributed by atoms with van der Waals surface area (Å²) >= 11 is 0. The highest BCUT2D eigenvalue weighted by molar-refractivity contribution is 5.85. The number of likely N-dealkylation sites (tertiary alicyclic amines) is 1. The van der Waals surface area contributed by atoms with E-state index >= 15 is 0 Å². The fourth-order valence-electron chi connectivity index (χ4n) is 3.60. The molecule has 2 N–H and O–H groups in total. The van der Waals surface area contributed by atoms with Gasteiger partial charge in [-0.3, -0.25) is 0 Å². The molecule has 138 valence electrons. The molecule has 7 heteroatoms. The largest absolute Gasteiger partial charge is 0.396 e. The highest BCUT2D eigenvalue weighted by Crippen LogP contribution is 2.42. The summed E-state index contributed by atoms with van der Waals surface area (Å²) in [6, 6.07) is 0.471. The van der Waals surface area contributed by atoms with E-state index in [1.54, 1.807) is 6.33 Å². The SMILES string of the molecule is CC(C)c1cncnc1N[C@H]1CN(CCCO)C[C@@H]1C1CC1.Cl.Cl. The van der Waals surface area contributed by atoms with Crippen LogP contribution in [0.3, 0.4) is 0 Å². The first-order valence-electron chi connectivity index (χ1n) is 8.58. The minimum absolute atomic E-state index is 0. The predicted molar refractivity (Wildman–Crippen MR) is 102 cm³/mol. The molecule has 0 aromatic carbocycles. The van der Waals surface area contributed by atoms with Crippen molar-refractivity contribution in [2.45, 2.75) is 45.1 Å². The molecule has 0 spiro atoms. The molecule has 3 rings (SSSR count). The number of halogens is 2. The van der Waals surface area contributed by atoms with Gasteiger partial charge in [-0.2, -0.15) is 0 Å². The van der Waals surface area contributed by atoms with Gasteiger partial charge < -0.3 is 15.3 Å². The first-order chi connectivity index (χ1) is 10.7. The third-order valence-electron chi connectivity index (χ3n) is 4.99. The minimum Gasteiger partial charge on any atom is -0.396 e. The molecule has 24 heavy (non-hydrogen) atoms. The smallest absolute Gasteiger partial charge is 0.133 e. The number of nitrogens with zero attached hydrogens (tertiary/aromatic N) is 3. The van der Waals surface area contributed by atoms with E-state index in [0.29, 0.717) is 17.9 Å². The van der Waals surface area contributed by atoms with E-state index < -0.39 is 0 Å². The molecule has 0 bridgehead atoms. The van der Waals surface area contributed by atoms with E-state index in [1.165, 1.54) is 18.4 Å². The van der Waals surface area contributed by atoms with Crippen LogP contribution in [0.25, 0.3) is 0 Å². The molecule has 1 aromatic heterocycles. The maximum Gasteiger partial charge on any atom is 0.133 e. The topological polar surface area (TPSA) is 61.3 Å². The number of rotatable bonds is 7. The van der Waals surface area contributed by atoms with Gasteiger partial charge in [0.25, 0.3) is 0 Å². The molecular formula is C17H30Cl2N4O. The zero-order chi connectivity index (χ0) is 15.5. The number of hydrogen-bond donors (Lipinski definition) is 2. The van der Waals surface area contributed by atoms with Crippen LogP contribution in [-0.2, 0) is 0 Å². The van der Waals surface area contributed by atoms with E-state index in [4.69, 9.17) is 5.11 Å². The Hall–Kier alpha value is -0.620. The Kier molecular flexibility index (Phi) is 8.71. The van der Waals surface area contributed by atoms with Crippen molar-refractivity contribution in [1.29, 1.82) is 0 Å². The van der Waals surface area contributed by atoms with Gasteiger partial charge >= 0.3 is 0 Å². The van der Waals surface area contributed by atoms with E-state index in [1.807, 2.05) is 6.20 Å². The quantitative estimate of drug-likeness (QED) is 0.765. The van der Waals surface area contributed by atoms with E-state index in [-0.39, 0.29) is 31.4 Å². The molecule has 2 aliphatic rings. The number of hydrogen-bond acceptors (Lipinski definition) is 5. The van der Waals surface area contributed by atoms with Crippen LogP contribution in [0.5, 0.6) is 0 Å². The van der Waals surface area contributed by atoms with Crippen LogP contribution < -0.4 is 5.32 Å². The van der Waals surface area contributed by atoms with Gasteiger partial charge in [0, 0.05) is 44.0 Å². The zero-order valence-corrected chi connectivity index (χ0v) is 16.2. The van der Waals surface area contributed by atoms with Crippen molar-refractivity contribution in [3.63, 3.8) is 0 Å². The van der Waals surface area contributed by atoms with Crippen molar-refractivity contribution in [2.24, 2.45) is 11.8 Å². The van der Waals surface area contributed by atoms with E-state index in [9.17, 15) is 0 Å². The second-order valence-electron chi connectivity index (χ2n) is 7.07. The molecule has 1 saturated heterocycles. The first-order valence-corrected chi connectivity index (χ1v) is 8.58. The van der Waals surface area contributed by atoms with Crippen LogP contribution in [-0.4, -0.2) is 52.3 Å². The number of anilines is 1. The zero-order valence-electron chi connectivity index (χ0n) is 14.5. The summed E-state index contributed by atoms with van der Waals surface area (Å²) in [6.45, 7) is 7.87. The summed E-state index contributed by atoms with van der Waals surface area (Å²) in [5, 5.41) is 12.8. The Bertz CT molecular complexity index is 499. The maximum absolute atomic E-state index is 9.05. The highest BCUT2D eigenvalue weighted by Gasteiger charge is 2.42. The predicted octanol–water partition coefficient (Wildman–Crippen LogP) is 2.95. The monoisotopic (exact) mass is 376 g/mol. The van der Waals surface area contributed by atoms with Crippen molar-refractivity contribution in [1.82, 2.24) is 14.9 Å². The van der Waals surface area contributed by atoms with Gasteiger partial charge in [-0.1, -0.05) is 13.8 Å². The van der Waals surface area contributed by atoms with Gasteiger partial charge in [0.2, 0.25) is 0 Å². The lowest BCUT2D eigenvalue weighted by Crippen LogP contribution is -2.31. The van der Waals surface area contributed by atoms with E-state index in [2.05, 4.69) is 34.0 Å². The minimum atomic E-state index is 0. The van der Waals surface area contributed by atoms with Crippen LogP contribution in [0.4, 0.5) is 5.82 Å². The second-order valence-corrected chi connectivity index (χ2v) is 7.07. The van der Waals surface area contributed by atoms with Crippen LogP contribution in [0, 0.1) is 11.8 Å². The maximum atomic E-state index is 9.05. The van der Waals surface area contributed by atoms with Gasteiger partial charge in [-0.25, -0.2) is 9.97 Å². The van der Waals surface area contributed by atoms with Crippen molar-refractivity contribution in [2.75, 3.05) is 31.6 Å². The number of aliphatic hydroxyl groups excluding tert-OH is 1. The number of aliphatic hydroxyl groups is 1. The molecule has 1 aliphatic heterocycles. The van der Waals surface area contributed by atoms with Gasteiger partial charge in [-0.05, 0) is 37.0 Å². The summed E-state index contributed by atoms with van der Waals surface area (Å²) in [5.41, 5.74) is 1.20. The highest BCUT2D eigenvalue weighted by atomic mass is 35.5. The summed E-state index contributed by atoms with van der Waals surface area (Å²) in [4.78, 5) is 11.2. The van der Waals surface area contributed by atoms with Gasteiger partial charge in [0.1, 0.15) is 12.1 Å². The lowest BCUT2D eigenvalue weighted by atomic mass is 9.97. The summed E-state index contributed by atoms with van der Waals surface area (Å²) in [7, 11) is 0. The molecule has 2 fully saturated rings. The standard InChI is InChI=1S/C17H28N4O.2ClH/c1-12(2)14-8-18-11-19-17(14)20-16-10-21(6-3-7-22)9-15(16)13-4-5-13;;/h8,11-13,15-16,22H,3-7,9-10H2,1-2H3,(H,18,19,20);2*1H/t15-,16+;;/m1../s1. The van der Waals surface area contributed by atoms with Crippen LogP contribution in [0.1, 0.15) is 44.6 Å². The van der Waals surface area contributed by atoms with Crippen LogP contribution in [0.15, 0.2) is 12.5 Å². The average Bonchev–Trinajstić information content (AvgIpc) is 3.28. The van der Waals surface area contributed by atoms with E-state index in [0.717, 1.165) is 37.8 Å². The molecule has 0 unspecified atom stereocenters. The molecule has 1 aliphatic carbocycles. The Morgan fingerprint density at radius 3 is 2.67 bits per heavy atom. The molecule has 2 atom stereocenters. The Balaban J connectivity index is 0.00000144.